The van der Waals surface area contributed by atoms with Crippen molar-refractivity contribution in [3.05, 3.63) is 42.2 Å². The molecule has 1 saturated heterocycles. The van der Waals surface area contributed by atoms with Crippen molar-refractivity contribution in [2.75, 3.05) is 6.54 Å². The van der Waals surface area contributed by atoms with Gasteiger partial charge >= 0.3 is 0 Å². The molecular formula is C16H19FN2O. The number of pyridine rings is 1. The summed E-state index contributed by atoms with van der Waals surface area (Å²) < 4.78 is 13.4. The zero-order chi connectivity index (χ0) is 13.9. The van der Waals surface area contributed by atoms with Crippen LogP contribution in [0.5, 0.6) is 0 Å². The van der Waals surface area contributed by atoms with Crippen LogP contribution in [0.1, 0.15) is 30.9 Å². The number of nitrogens with one attached hydrogen (secondary N) is 1. The summed E-state index contributed by atoms with van der Waals surface area (Å²) in [6, 6.07) is 7.84. The summed E-state index contributed by atoms with van der Waals surface area (Å²) >= 11 is 0. The first-order valence-corrected chi connectivity index (χ1v) is 7.12. The van der Waals surface area contributed by atoms with Crippen molar-refractivity contribution in [3.8, 4) is 0 Å². The molecule has 3 rings (SSSR count). The highest BCUT2D eigenvalue weighted by Crippen LogP contribution is 2.28. The van der Waals surface area contributed by atoms with Gasteiger partial charge in [0.25, 0.3) is 0 Å². The molecule has 4 heteroatoms. The van der Waals surface area contributed by atoms with E-state index in [0.29, 0.717) is 25.8 Å². The molecule has 1 aliphatic heterocycles. The van der Waals surface area contributed by atoms with Crippen LogP contribution in [-0.2, 0) is 0 Å². The van der Waals surface area contributed by atoms with E-state index >= 15 is 0 Å². The largest absolute Gasteiger partial charge is 0.388 e. The Labute approximate surface area is 117 Å². The third kappa shape index (κ3) is 2.81. The summed E-state index contributed by atoms with van der Waals surface area (Å²) in [4.78, 5) is 4.13. The van der Waals surface area contributed by atoms with Crippen molar-refractivity contribution in [3.63, 3.8) is 0 Å². The molecule has 3 nitrogen and oxygen atoms in total. The van der Waals surface area contributed by atoms with Crippen molar-refractivity contribution in [1.82, 2.24) is 10.3 Å². The summed E-state index contributed by atoms with van der Waals surface area (Å²) in [6.07, 6.45) is 3.78. The van der Waals surface area contributed by atoms with E-state index in [9.17, 15) is 9.50 Å². The maximum atomic E-state index is 13.4. The van der Waals surface area contributed by atoms with Crippen molar-refractivity contribution in [2.24, 2.45) is 0 Å². The molecule has 1 aromatic heterocycles. The number of hydrogen-bond acceptors (Lipinski definition) is 3. The van der Waals surface area contributed by atoms with Crippen LogP contribution < -0.4 is 5.32 Å². The lowest BCUT2D eigenvalue weighted by molar-refractivity contribution is 0.129. The first-order chi connectivity index (χ1) is 9.74. The minimum absolute atomic E-state index is 0.0423. The van der Waals surface area contributed by atoms with Gasteiger partial charge in [-0.15, -0.1) is 0 Å². The van der Waals surface area contributed by atoms with E-state index in [1.54, 1.807) is 12.4 Å². The van der Waals surface area contributed by atoms with Crippen LogP contribution in [0, 0.1) is 0 Å². The minimum Gasteiger partial charge on any atom is -0.388 e. The average Bonchev–Trinajstić information content (AvgIpc) is 2.46. The number of benzene rings is 1. The Hall–Kier alpha value is -1.52. The molecular weight excluding hydrogens is 255 g/mol. The van der Waals surface area contributed by atoms with Crippen LogP contribution in [0.25, 0.3) is 10.8 Å². The number of aliphatic hydroxyl groups excluding tert-OH is 1. The van der Waals surface area contributed by atoms with Gasteiger partial charge in [0, 0.05) is 23.8 Å². The van der Waals surface area contributed by atoms with Crippen LogP contribution >= 0.6 is 0 Å². The molecule has 2 N–H and O–H groups in total. The summed E-state index contributed by atoms with van der Waals surface area (Å²) in [5.74, 6) is 0. The molecule has 1 fully saturated rings. The normalized spacial score (nSPS) is 24.7. The first-order valence-electron chi connectivity index (χ1n) is 7.12. The number of fused-ring (bicyclic) bond motifs is 1. The Bertz CT molecular complexity index is 584. The van der Waals surface area contributed by atoms with Crippen LogP contribution in [0.3, 0.4) is 0 Å². The Kier molecular flexibility index (Phi) is 3.94. The highest BCUT2D eigenvalue weighted by atomic mass is 19.1. The van der Waals surface area contributed by atoms with Crippen molar-refractivity contribution in [1.29, 1.82) is 0 Å². The van der Waals surface area contributed by atoms with Gasteiger partial charge in [0.2, 0.25) is 0 Å². The molecule has 2 heterocycles. The number of hydrogen-bond donors (Lipinski definition) is 2. The van der Waals surface area contributed by atoms with E-state index in [2.05, 4.69) is 10.3 Å². The second-order valence-electron chi connectivity index (χ2n) is 5.47. The van der Waals surface area contributed by atoms with Crippen LogP contribution in [0.15, 0.2) is 36.7 Å². The number of alkyl halides is 1. The first kappa shape index (κ1) is 13.5. The van der Waals surface area contributed by atoms with Crippen molar-refractivity contribution < 1.29 is 9.50 Å². The molecule has 0 bridgehead atoms. The standard InChI is InChI=1S/C16H19FN2O/c17-12-5-7-19-13(8-12)9-16(20)14-3-1-2-11-4-6-18-10-15(11)14/h1-4,6,10,12-13,16,19-20H,5,7-9H2/t12-,13+,16+/m0/s1. The van der Waals surface area contributed by atoms with Gasteiger partial charge in [-0.25, -0.2) is 4.39 Å². The average molecular weight is 274 g/mol. The van der Waals surface area contributed by atoms with Gasteiger partial charge in [-0.3, -0.25) is 4.98 Å². The maximum absolute atomic E-state index is 13.4. The molecule has 1 aliphatic rings. The Morgan fingerprint density at radius 2 is 2.30 bits per heavy atom. The van der Waals surface area contributed by atoms with E-state index in [1.165, 1.54) is 0 Å². The van der Waals surface area contributed by atoms with Crippen molar-refractivity contribution >= 4 is 10.8 Å². The third-order valence-electron chi connectivity index (χ3n) is 4.02. The quantitative estimate of drug-likeness (QED) is 0.904. The van der Waals surface area contributed by atoms with Gasteiger partial charge in [-0.1, -0.05) is 18.2 Å². The van der Waals surface area contributed by atoms with E-state index in [-0.39, 0.29) is 6.04 Å². The second-order valence-corrected chi connectivity index (χ2v) is 5.47. The molecule has 0 radical (unpaired) electrons. The molecule has 0 spiro atoms. The van der Waals surface area contributed by atoms with Crippen LogP contribution in [-0.4, -0.2) is 28.8 Å². The van der Waals surface area contributed by atoms with Gasteiger partial charge in [-0.05, 0) is 42.8 Å². The number of rotatable bonds is 3. The zero-order valence-corrected chi connectivity index (χ0v) is 11.3. The SMILES string of the molecule is O[C@H](C[C@H]1C[C@@H](F)CCN1)c1cccc2ccncc12. The van der Waals surface area contributed by atoms with Crippen LogP contribution in [0.4, 0.5) is 4.39 Å². The van der Waals surface area contributed by atoms with E-state index < -0.39 is 12.3 Å². The number of halogens is 1. The molecule has 106 valence electrons. The van der Waals surface area contributed by atoms with E-state index in [1.807, 2.05) is 24.3 Å². The Balaban J connectivity index is 1.80. The second kappa shape index (κ2) is 5.85. The van der Waals surface area contributed by atoms with Crippen molar-refractivity contribution in [2.45, 2.75) is 37.6 Å². The molecule has 3 atom stereocenters. The molecule has 0 unspecified atom stereocenters. The summed E-state index contributed by atoms with van der Waals surface area (Å²) in [5, 5.41) is 15.8. The maximum Gasteiger partial charge on any atom is 0.103 e. The lowest BCUT2D eigenvalue weighted by atomic mass is 9.93. The third-order valence-corrected chi connectivity index (χ3v) is 4.02. The lowest BCUT2D eigenvalue weighted by Crippen LogP contribution is -2.39. The fourth-order valence-electron chi connectivity index (χ4n) is 2.96. The molecule has 2 aromatic rings. The minimum atomic E-state index is -0.748. The number of piperidine rings is 1. The number of nitrogens with zero attached hydrogens (tertiary/aromatic N) is 1. The fourth-order valence-corrected chi connectivity index (χ4v) is 2.96. The summed E-state index contributed by atoms with van der Waals surface area (Å²) in [5.41, 5.74) is 0.874. The molecule has 0 aliphatic carbocycles. The molecule has 0 amide bonds. The van der Waals surface area contributed by atoms with E-state index in [0.717, 1.165) is 16.3 Å². The van der Waals surface area contributed by atoms with Gasteiger partial charge in [0.1, 0.15) is 6.17 Å². The Morgan fingerprint density at radius 3 is 3.15 bits per heavy atom. The molecule has 1 aromatic carbocycles. The molecule has 20 heavy (non-hydrogen) atoms. The van der Waals surface area contributed by atoms with Crippen LogP contribution in [0.2, 0.25) is 0 Å². The highest BCUT2D eigenvalue weighted by molar-refractivity contribution is 5.85. The monoisotopic (exact) mass is 274 g/mol. The molecule has 0 saturated carbocycles. The number of aromatic nitrogens is 1. The zero-order valence-electron chi connectivity index (χ0n) is 11.3. The van der Waals surface area contributed by atoms with E-state index in [4.69, 9.17) is 0 Å². The Morgan fingerprint density at radius 1 is 1.40 bits per heavy atom. The van der Waals surface area contributed by atoms with Gasteiger partial charge < -0.3 is 10.4 Å². The predicted molar refractivity (Wildman–Crippen MR) is 77.2 cm³/mol. The summed E-state index contributed by atoms with van der Waals surface area (Å²) in [7, 11) is 0. The van der Waals surface area contributed by atoms with Gasteiger partial charge in [-0.2, -0.15) is 0 Å². The fraction of sp³-hybridized carbons (Fsp3) is 0.438. The summed E-state index contributed by atoms with van der Waals surface area (Å²) in [6.45, 7) is 0.690. The van der Waals surface area contributed by atoms with Gasteiger partial charge in [0.05, 0.1) is 6.10 Å². The highest BCUT2D eigenvalue weighted by Gasteiger charge is 2.24. The number of aliphatic hydroxyl groups is 1. The van der Waals surface area contributed by atoms with Gasteiger partial charge in [0.15, 0.2) is 0 Å². The topological polar surface area (TPSA) is 45.1 Å². The lowest BCUT2D eigenvalue weighted by Gasteiger charge is -2.28. The smallest absolute Gasteiger partial charge is 0.103 e. The predicted octanol–water partition coefficient (Wildman–Crippen LogP) is 2.75.